The normalized spacial score (nSPS) is 16.0. The summed E-state index contributed by atoms with van der Waals surface area (Å²) in [5.41, 5.74) is 0. The van der Waals surface area contributed by atoms with Gasteiger partial charge < -0.3 is 20.3 Å². The zero-order valence-corrected chi connectivity index (χ0v) is 15.2. The van der Waals surface area contributed by atoms with Crippen LogP contribution in [0.1, 0.15) is 46.0 Å². The number of hydrogen-bond donors (Lipinski definition) is 2. The summed E-state index contributed by atoms with van der Waals surface area (Å²) in [6.45, 7) is 6.70. The Morgan fingerprint density at radius 1 is 1.26 bits per heavy atom. The van der Waals surface area contributed by atoms with E-state index in [4.69, 9.17) is 4.74 Å². The largest absolute Gasteiger partial charge is 0.380 e. The summed E-state index contributed by atoms with van der Waals surface area (Å²) in [4.78, 5) is 17.7. The van der Waals surface area contributed by atoms with Gasteiger partial charge in [-0.25, -0.2) is 4.99 Å². The van der Waals surface area contributed by atoms with Crippen LogP contribution in [0.3, 0.4) is 0 Å². The summed E-state index contributed by atoms with van der Waals surface area (Å²) in [7, 11) is 3.50. The molecule has 1 aliphatic rings. The van der Waals surface area contributed by atoms with Crippen molar-refractivity contribution in [1.29, 1.82) is 0 Å². The minimum Gasteiger partial charge on any atom is -0.380 e. The van der Waals surface area contributed by atoms with Gasteiger partial charge in [0.25, 0.3) is 0 Å². The quantitative estimate of drug-likeness (QED) is 0.384. The summed E-state index contributed by atoms with van der Waals surface area (Å²) in [6.07, 6.45) is 5.96. The number of ether oxygens (including phenoxy) is 1. The minimum atomic E-state index is 0.00528. The van der Waals surface area contributed by atoms with E-state index in [1.54, 1.807) is 19.0 Å². The van der Waals surface area contributed by atoms with Gasteiger partial charge in [0.05, 0.1) is 6.61 Å². The first kappa shape index (κ1) is 19.7. The number of carbonyl (C=O) groups is 1. The van der Waals surface area contributed by atoms with Crippen LogP contribution in [0.25, 0.3) is 0 Å². The van der Waals surface area contributed by atoms with E-state index in [1.807, 2.05) is 0 Å². The van der Waals surface area contributed by atoms with E-state index in [2.05, 4.69) is 29.5 Å². The van der Waals surface area contributed by atoms with Gasteiger partial charge in [-0.2, -0.15) is 0 Å². The number of nitrogens with one attached hydrogen (secondary N) is 2. The Kier molecular flexibility index (Phi) is 9.67. The maximum atomic E-state index is 11.7. The van der Waals surface area contributed by atoms with Crippen LogP contribution in [0.5, 0.6) is 0 Å². The van der Waals surface area contributed by atoms with Crippen molar-refractivity contribution in [1.82, 2.24) is 15.5 Å². The molecule has 0 bridgehead atoms. The Balaban J connectivity index is 2.34. The zero-order chi connectivity index (χ0) is 17.1. The molecule has 0 unspecified atom stereocenters. The molecule has 0 aromatic rings. The monoisotopic (exact) mass is 326 g/mol. The maximum absolute atomic E-state index is 11.7. The molecule has 134 valence electrons. The first-order valence-electron chi connectivity index (χ1n) is 8.81. The smallest absolute Gasteiger partial charge is 0.243 e. The van der Waals surface area contributed by atoms with Crippen molar-refractivity contribution in [2.24, 2.45) is 10.9 Å². The van der Waals surface area contributed by atoms with Gasteiger partial charge >= 0.3 is 0 Å². The van der Waals surface area contributed by atoms with Crippen LogP contribution in [0.2, 0.25) is 0 Å². The van der Waals surface area contributed by atoms with E-state index in [1.165, 1.54) is 25.7 Å². The third-order valence-electron chi connectivity index (χ3n) is 3.95. The Morgan fingerprint density at radius 3 is 2.57 bits per heavy atom. The molecule has 0 aromatic carbocycles. The summed E-state index contributed by atoms with van der Waals surface area (Å²) in [5.74, 6) is 1.39. The molecule has 0 spiro atoms. The second-order valence-electron chi connectivity index (χ2n) is 6.80. The van der Waals surface area contributed by atoms with Crippen molar-refractivity contribution >= 4 is 11.9 Å². The summed E-state index contributed by atoms with van der Waals surface area (Å²) < 4.78 is 5.61. The molecule has 0 atom stereocenters. The predicted octanol–water partition coefficient (Wildman–Crippen LogP) is 1.62. The van der Waals surface area contributed by atoms with Gasteiger partial charge in [0.2, 0.25) is 5.91 Å². The first-order chi connectivity index (χ1) is 11.0. The first-order valence-corrected chi connectivity index (χ1v) is 8.81. The van der Waals surface area contributed by atoms with Crippen LogP contribution in [-0.4, -0.2) is 63.2 Å². The fourth-order valence-electron chi connectivity index (χ4n) is 2.37. The lowest BCUT2D eigenvalue weighted by Gasteiger charge is -2.18. The fourth-order valence-corrected chi connectivity index (χ4v) is 2.37. The van der Waals surface area contributed by atoms with Crippen molar-refractivity contribution < 1.29 is 9.53 Å². The van der Waals surface area contributed by atoms with Crippen molar-refractivity contribution in [2.45, 2.75) is 52.0 Å². The highest BCUT2D eigenvalue weighted by molar-refractivity contribution is 5.84. The highest BCUT2D eigenvalue weighted by Gasteiger charge is 2.16. The van der Waals surface area contributed by atoms with Crippen molar-refractivity contribution in [3.8, 4) is 0 Å². The summed E-state index contributed by atoms with van der Waals surface area (Å²) >= 11 is 0. The van der Waals surface area contributed by atoms with Gasteiger partial charge in [0.1, 0.15) is 6.54 Å². The van der Waals surface area contributed by atoms with Crippen LogP contribution in [-0.2, 0) is 9.53 Å². The lowest BCUT2D eigenvalue weighted by Crippen LogP contribution is -2.44. The van der Waals surface area contributed by atoms with Gasteiger partial charge in [-0.1, -0.05) is 26.7 Å². The number of carbonyl (C=O) groups excluding carboxylic acids is 1. The Hall–Kier alpha value is -1.30. The van der Waals surface area contributed by atoms with Crippen LogP contribution in [0.15, 0.2) is 4.99 Å². The molecule has 1 saturated carbocycles. The number of nitrogens with zero attached hydrogens (tertiary/aromatic N) is 2. The minimum absolute atomic E-state index is 0.00528. The Labute approximate surface area is 141 Å². The molecule has 0 aromatic heterocycles. The molecule has 1 rings (SSSR count). The molecule has 1 fully saturated rings. The van der Waals surface area contributed by atoms with Crippen LogP contribution < -0.4 is 10.6 Å². The molecule has 0 radical (unpaired) electrons. The lowest BCUT2D eigenvalue weighted by atomic mass is 10.1. The van der Waals surface area contributed by atoms with Crippen LogP contribution in [0, 0.1) is 5.92 Å². The van der Waals surface area contributed by atoms with Gasteiger partial charge in [-0.15, -0.1) is 0 Å². The molecular weight excluding hydrogens is 292 g/mol. The predicted molar refractivity (Wildman–Crippen MR) is 94.7 cm³/mol. The van der Waals surface area contributed by atoms with E-state index in [0.29, 0.717) is 25.1 Å². The molecule has 0 heterocycles. The van der Waals surface area contributed by atoms with E-state index >= 15 is 0 Å². The molecule has 6 nitrogen and oxygen atoms in total. The average molecular weight is 326 g/mol. The summed E-state index contributed by atoms with van der Waals surface area (Å²) in [5, 5.41) is 6.70. The van der Waals surface area contributed by atoms with Gasteiger partial charge in [-0.3, -0.25) is 4.79 Å². The number of hydrogen-bond acceptors (Lipinski definition) is 3. The highest BCUT2D eigenvalue weighted by atomic mass is 16.5. The van der Waals surface area contributed by atoms with Crippen LogP contribution in [0.4, 0.5) is 0 Å². The number of amides is 1. The molecule has 0 aliphatic heterocycles. The SMILES string of the molecule is CC(C)CCOCCNC(=NCC(=O)N(C)C)NC1CCCC1. The summed E-state index contributed by atoms with van der Waals surface area (Å²) in [6, 6.07) is 0.470. The maximum Gasteiger partial charge on any atom is 0.243 e. The second-order valence-corrected chi connectivity index (χ2v) is 6.80. The molecule has 1 aliphatic carbocycles. The number of guanidine groups is 1. The Morgan fingerprint density at radius 2 is 1.96 bits per heavy atom. The average Bonchev–Trinajstić information content (AvgIpc) is 3.00. The van der Waals surface area contributed by atoms with E-state index in [-0.39, 0.29) is 12.5 Å². The van der Waals surface area contributed by atoms with Gasteiger partial charge in [0.15, 0.2) is 5.96 Å². The highest BCUT2D eigenvalue weighted by Crippen LogP contribution is 2.17. The third kappa shape index (κ3) is 9.43. The standard InChI is InChI=1S/C17H34N4O2/c1-14(2)9-11-23-12-10-18-17(19-13-16(22)21(3)4)20-15-7-5-6-8-15/h14-15H,5-13H2,1-4H3,(H2,18,19,20). The fraction of sp³-hybridized carbons (Fsp3) is 0.882. The Bertz CT molecular complexity index is 364. The topological polar surface area (TPSA) is 66.0 Å². The molecular formula is C17H34N4O2. The molecule has 23 heavy (non-hydrogen) atoms. The lowest BCUT2D eigenvalue weighted by molar-refractivity contribution is -0.127. The van der Waals surface area contributed by atoms with Crippen molar-refractivity contribution in [3.63, 3.8) is 0 Å². The number of aliphatic imine (C=N–C) groups is 1. The third-order valence-corrected chi connectivity index (χ3v) is 3.95. The van der Waals surface area contributed by atoms with Gasteiger partial charge in [-0.05, 0) is 25.2 Å². The second kappa shape index (κ2) is 11.3. The number of likely N-dealkylation sites (N-methyl/N-ethyl adjacent to an activating group) is 1. The molecule has 0 saturated heterocycles. The molecule has 6 heteroatoms. The number of rotatable bonds is 9. The van der Waals surface area contributed by atoms with E-state index < -0.39 is 0 Å². The van der Waals surface area contributed by atoms with Crippen LogP contribution >= 0.6 is 0 Å². The van der Waals surface area contributed by atoms with E-state index in [0.717, 1.165) is 19.0 Å². The van der Waals surface area contributed by atoms with Crippen molar-refractivity contribution in [3.05, 3.63) is 0 Å². The van der Waals surface area contributed by atoms with E-state index in [9.17, 15) is 4.79 Å². The molecule has 1 amide bonds. The molecule has 2 N–H and O–H groups in total. The van der Waals surface area contributed by atoms with Crippen molar-refractivity contribution in [2.75, 3.05) is 40.4 Å². The van der Waals surface area contributed by atoms with Gasteiger partial charge in [0, 0.05) is 33.3 Å². The zero-order valence-electron chi connectivity index (χ0n) is 15.2.